The summed E-state index contributed by atoms with van der Waals surface area (Å²) >= 11 is 1.64. The SMILES string of the molecule is Cc1cccc(-c2nc(-c3c(C)nn4ccccc34)sc2C2=NCC=N2)c1. The standard InChI is InChI=1S/C21H17N5S/c1-13-6-5-7-15(12-13)18-19(20-22-9-10-23-20)27-21(24-18)17-14(2)25-26-11-4-3-8-16(17)26/h3-9,11-12H,10H2,1-2H3. The molecule has 0 amide bonds. The first-order valence-corrected chi connectivity index (χ1v) is 9.62. The number of benzene rings is 1. The van der Waals surface area contributed by atoms with E-state index in [9.17, 15) is 0 Å². The van der Waals surface area contributed by atoms with Crippen LogP contribution in [-0.4, -0.2) is 33.2 Å². The Morgan fingerprint density at radius 1 is 1.07 bits per heavy atom. The van der Waals surface area contributed by atoms with Crippen LogP contribution < -0.4 is 0 Å². The van der Waals surface area contributed by atoms with Crippen LogP contribution in [0.3, 0.4) is 0 Å². The fourth-order valence-corrected chi connectivity index (χ4v) is 4.53. The highest BCUT2D eigenvalue weighted by Crippen LogP contribution is 2.38. The molecule has 0 saturated carbocycles. The number of hydrogen-bond donors (Lipinski definition) is 0. The smallest absolute Gasteiger partial charge is 0.167 e. The Morgan fingerprint density at radius 2 is 2.00 bits per heavy atom. The van der Waals surface area contributed by atoms with E-state index in [1.54, 1.807) is 11.3 Å². The summed E-state index contributed by atoms with van der Waals surface area (Å²) in [5.41, 5.74) is 6.33. The summed E-state index contributed by atoms with van der Waals surface area (Å²) in [7, 11) is 0. The molecule has 5 rings (SSSR count). The molecule has 0 radical (unpaired) electrons. The van der Waals surface area contributed by atoms with Gasteiger partial charge in [0.25, 0.3) is 0 Å². The predicted octanol–water partition coefficient (Wildman–Crippen LogP) is 4.57. The number of aromatic nitrogens is 3. The van der Waals surface area contributed by atoms with Crippen molar-refractivity contribution in [2.45, 2.75) is 13.8 Å². The molecule has 1 aromatic carbocycles. The highest BCUT2D eigenvalue weighted by molar-refractivity contribution is 7.17. The molecule has 0 fully saturated rings. The lowest BCUT2D eigenvalue weighted by Gasteiger charge is -2.02. The third-order valence-corrected chi connectivity index (χ3v) is 5.66. The maximum atomic E-state index is 5.03. The Labute approximate surface area is 160 Å². The Morgan fingerprint density at radius 3 is 2.81 bits per heavy atom. The number of amidine groups is 1. The van der Waals surface area contributed by atoms with Crippen molar-refractivity contribution in [3.63, 3.8) is 0 Å². The van der Waals surface area contributed by atoms with Crippen molar-refractivity contribution < 1.29 is 0 Å². The van der Waals surface area contributed by atoms with Gasteiger partial charge in [0, 0.05) is 18.0 Å². The van der Waals surface area contributed by atoms with E-state index in [4.69, 9.17) is 4.98 Å². The van der Waals surface area contributed by atoms with Crippen molar-refractivity contribution in [3.05, 3.63) is 64.8 Å². The van der Waals surface area contributed by atoms with Crippen molar-refractivity contribution in [2.24, 2.45) is 9.98 Å². The molecule has 4 aromatic rings. The van der Waals surface area contributed by atoms with Crippen LogP contribution in [0.2, 0.25) is 0 Å². The minimum atomic E-state index is 0.631. The van der Waals surface area contributed by atoms with Crippen molar-refractivity contribution >= 4 is 28.9 Å². The normalized spacial score (nSPS) is 13.5. The van der Waals surface area contributed by atoms with E-state index in [-0.39, 0.29) is 0 Å². The number of pyridine rings is 1. The van der Waals surface area contributed by atoms with Gasteiger partial charge in [-0.2, -0.15) is 5.10 Å². The van der Waals surface area contributed by atoms with Crippen molar-refractivity contribution in [1.82, 2.24) is 14.6 Å². The zero-order chi connectivity index (χ0) is 18.4. The molecule has 0 atom stereocenters. The van der Waals surface area contributed by atoms with Gasteiger partial charge in [-0.05, 0) is 32.0 Å². The van der Waals surface area contributed by atoms with E-state index < -0.39 is 0 Å². The summed E-state index contributed by atoms with van der Waals surface area (Å²) in [4.78, 5) is 15.0. The van der Waals surface area contributed by atoms with Crippen molar-refractivity contribution in [2.75, 3.05) is 6.54 Å². The van der Waals surface area contributed by atoms with Gasteiger partial charge in [-0.15, -0.1) is 11.3 Å². The topological polar surface area (TPSA) is 54.9 Å². The highest BCUT2D eigenvalue weighted by Gasteiger charge is 2.22. The predicted molar refractivity (Wildman–Crippen MR) is 111 cm³/mol. The van der Waals surface area contributed by atoms with Gasteiger partial charge in [-0.3, -0.25) is 4.99 Å². The summed E-state index contributed by atoms with van der Waals surface area (Å²) in [6.45, 7) is 4.75. The van der Waals surface area contributed by atoms with Gasteiger partial charge in [0.05, 0.1) is 33.9 Å². The number of rotatable bonds is 3. The van der Waals surface area contributed by atoms with Crippen LogP contribution in [0.25, 0.3) is 27.3 Å². The summed E-state index contributed by atoms with van der Waals surface area (Å²) in [6, 6.07) is 14.5. The van der Waals surface area contributed by atoms with Crippen molar-refractivity contribution in [3.8, 4) is 21.8 Å². The number of thiazole rings is 1. The number of aryl methyl sites for hydroxylation is 2. The monoisotopic (exact) mass is 371 g/mol. The number of hydrogen-bond acceptors (Lipinski definition) is 5. The third-order valence-electron chi connectivity index (χ3n) is 4.59. The first kappa shape index (κ1) is 16.1. The fraction of sp³-hybridized carbons (Fsp3) is 0.143. The van der Waals surface area contributed by atoms with Gasteiger partial charge >= 0.3 is 0 Å². The molecule has 3 aromatic heterocycles. The molecule has 5 nitrogen and oxygen atoms in total. The summed E-state index contributed by atoms with van der Waals surface area (Å²) in [5, 5.41) is 5.59. The van der Waals surface area contributed by atoms with Crippen LogP contribution in [-0.2, 0) is 0 Å². The molecule has 4 heterocycles. The molecule has 0 bridgehead atoms. The van der Waals surface area contributed by atoms with Gasteiger partial charge < -0.3 is 0 Å². The summed E-state index contributed by atoms with van der Waals surface area (Å²) in [6.07, 6.45) is 3.81. The molecule has 132 valence electrons. The minimum Gasteiger partial charge on any atom is -0.260 e. The maximum Gasteiger partial charge on any atom is 0.167 e. The molecular formula is C21H17N5S. The average Bonchev–Trinajstić information content (AvgIpc) is 3.38. The number of nitrogens with zero attached hydrogens (tertiary/aromatic N) is 5. The molecule has 0 saturated heterocycles. The Bertz CT molecular complexity index is 1230. The second-order valence-electron chi connectivity index (χ2n) is 6.53. The van der Waals surface area contributed by atoms with Gasteiger partial charge in [0.1, 0.15) is 5.01 Å². The van der Waals surface area contributed by atoms with E-state index in [1.165, 1.54) is 5.56 Å². The van der Waals surface area contributed by atoms with E-state index in [0.29, 0.717) is 6.54 Å². The molecule has 1 aliphatic heterocycles. The quantitative estimate of drug-likeness (QED) is 0.530. The second-order valence-corrected chi connectivity index (χ2v) is 7.53. The lowest BCUT2D eigenvalue weighted by atomic mass is 10.1. The van der Waals surface area contributed by atoms with Crippen LogP contribution in [0.15, 0.2) is 58.6 Å². The molecule has 0 spiro atoms. The van der Waals surface area contributed by atoms with Crippen LogP contribution >= 0.6 is 11.3 Å². The molecule has 27 heavy (non-hydrogen) atoms. The van der Waals surface area contributed by atoms with Gasteiger partial charge in [-0.1, -0.05) is 29.8 Å². The molecule has 0 aliphatic carbocycles. The lowest BCUT2D eigenvalue weighted by Crippen LogP contribution is -1.94. The van der Waals surface area contributed by atoms with Crippen molar-refractivity contribution in [1.29, 1.82) is 0 Å². The molecule has 1 aliphatic rings. The zero-order valence-electron chi connectivity index (χ0n) is 15.0. The van der Waals surface area contributed by atoms with Gasteiger partial charge in [0.15, 0.2) is 5.84 Å². The van der Waals surface area contributed by atoms with Crippen LogP contribution in [0.1, 0.15) is 16.1 Å². The molecule has 0 N–H and O–H groups in total. The Balaban J connectivity index is 1.76. The first-order valence-electron chi connectivity index (χ1n) is 8.80. The summed E-state index contributed by atoms with van der Waals surface area (Å²) < 4.78 is 1.91. The van der Waals surface area contributed by atoms with E-state index in [2.05, 4.69) is 52.3 Å². The Kier molecular flexibility index (Phi) is 3.72. The van der Waals surface area contributed by atoms with Crippen LogP contribution in [0, 0.1) is 13.8 Å². The van der Waals surface area contributed by atoms with Gasteiger partial charge in [-0.25, -0.2) is 14.5 Å². The highest BCUT2D eigenvalue weighted by atomic mass is 32.1. The molecule has 0 unspecified atom stereocenters. The minimum absolute atomic E-state index is 0.631. The zero-order valence-corrected chi connectivity index (χ0v) is 15.9. The van der Waals surface area contributed by atoms with E-state index in [0.717, 1.165) is 43.8 Å². The third kappa shape index (κ3) is 2.69. The molecule has 6 heteroatoms. The van der Waals surface area contributed by atoms with Crippen LogP contribution in [0.5, 0.6) is 0 Å². The summed E-state index contributed by atoms with van der Waals surface area (Å²) in [5.74, 6) is 0.768. The Hall–Kier alpha value is -3.12. The average molecular weight is 371 g/mol. The fourth-order valence-electron chi connectivity index (χ4n) is 3.37. The number of aliphatic imine (C=N–C) groups is 2. The van der Waals surface area contributed by atoms with E-state index >= 15 is 0 Å². The largest absolute Gasteiger partial charge is 0.260 e. The maximum absolute atomic E-state index is 5.03. The second kappa shape index (κ2) is 6.25. The number of fused-ring (bicyclic) bond motifs is 1. The first-order chi connectivity index (χ1) is 13.2. The lowest BCUT2D eigenvalue weighted by molar-refractivity contribution is 0.934. The molecular weight excluding hydrogens is 354 g/mol. The van der Waals surface area contributed by atoms with Crippen LogP contribution in [0.4, 0.5) is 0 Å². The van der Waals surface area contributed by atoms with E-state index in [1.807, 2.05) is 36.0 Å². The van der Waals surface area contributed by atoms with Gasteiger partial charge in [0.2, 0.25) is 0 Å².